The molecule has 1 N–H and O–H groups in total. The Morgan fingerprint density at radius 3 is 2.42 bits per heavy atom. The molecule has 0 saturated carbocycles. The maximum Gasteiger partial charge on any atom is 0.350 e. The Morgan fingerprint density at radius 1 is 0.977 bits per heavy atom. The summed E-state index contributed by atoms with van der Waals surface area (Å²) in [6, 6.07) is 22.4. The van der Waals surface area contributed by atoms with E-state index in [1.54, 1.807) is 55.5 Å². The summed E-state index contributed by atoms with van der Waals surface area (Å²) < 4.78 is 16.5. The van der Waals surface area contributed by atoms with Crippen molar-refractivity contribution in [3.05, 3.63) is 112 Å². The number of carbonyl (C=O) groups excluding carboxylic acids is 3. The Morgan fingerprint density at radius 2 is 1.72 bits per heavy atom. The van der Waals surface area contributed by atoms with Crippen LogP contribution in [0.25, 0.3) is 5.76 Å². The summed E-state index contributed by atoms with van der Waals surface area (Å²) in [6.45, 7) is 4.46. The highest BCUT2D eigenvalue weighted by Gasteiger charge is 2.48. The van der Waals surface area contributed by atoms with Gasteiger partial charge >= 0.3 is 11.9 Å². The fourth-order valence-electron chi connectivity index (χ4n) is 4.71. The third-order valence-electron chi connectivity index (χ3n) is 6.83. The Labute approximate surface area is 253 Å². The van der Waals surface area contributed by atoms with Crippen LogP contribution in [0.2, 0.25) is 0 Å². The summed E-state index contributed by atoms with van der Waals surface area (Å²) in [5.41, 5.74) is 2.12. The first-order chi connectivity index (χ1) is 20.8. The second kappa shape index (κ2) is 12.9. The molecular formula is C33H30N2O7S. The first-order valence-electron chi connectivity index (χ1n) is 13.7. The number of rotatable bonds is 10. The van der Waals surface area contributed by atoms with Crippen LogP contribution < -0.4 is 14.4 Å². The van der Waals surface area contributed by atoms with Crippen molar-refractivity contribution in [1.29, 1.82) is 0 Å². The highest BCUT2D eigenvalue weighted by atomic mass is 32.1. The van der Waals surface area contributed by atoms with E-state index >= 15 is 0 Å². The van der Waals surface area contributed by atoms with Crippen LogP contribution in [-0.4, -0.2) is 41.5 Å². The lowest BCUT2D eigenvalue weighted by molar-refractivity contribution is -0.132. The number of amides is 1. The van der Waals surface area contributed by atoms with Crippen LogP contribution in [-0.2, 0) is 20.9 Å². The van der Waals surface area contributed by atoms with Crippen molar-refractivity contribution in [2.24, 2.45) is 0 Å². The Bertz CT molecular complexity index is 1680. The molecule has 4 aromatic rings. The number of aliphatic hydroxyl groups is 1. The van der Waals surface area contributed by atoms with Crippen molar-refractivity contribution in [2.45, 2.75) is 32.9 Å². The van der Waals surface area contributed by atoms with Gasteiger partial charge in [0.2, 0.25) is 0 Å². The molecule has 1 fully saturated rings. The highest BCUT2D eigenvalue weighted by molar-refractivity contribution is 7.17. The molecular weight excluding hydrogens is 568 g/mol. The van der Waals surface area contributed by atoms with Crippen molar-refractivity contribution < 1.29 is 33.7 Å². The topological polar surface area (TPSA) is 115 Å². The van der Waals surface area contributed by atoms with E-state index in [4.69, 9.17) is 14.2 Å². The molecule has 1 saturated heterocycles. The number of thiazole rings is 1. The van der Waals surface area contributed by atoms with Crippen LogP contribution in [0.15, 0.2) is 84.4 Å². The SMILES string of the molecule is CCCOc1cccc(/C(O)=C2\C(=O)C(=O)N(c3nc(C)c(C(=O)OC)s3)C2c2ccc(OCc3ccccc3)cc2)c1. The molecule has 0 spiro atoms. The second-order valence-electron chi connectivity index (χ2n) is 9.79. The third kappa shape index (κ3) is 6.14. The summed E-state index contributed by atoms with van der Waals surface area (Å²) in [5.74, 6) is -1.59. The van der Waals surface area contributed by atoms with Crippen LogP contribution in [0.4, 0.5) is 5.13 Å². The molecule has 0 radical (unpaired) electrons. The minimum Gasteiger partial charge on any atom is -0.507 e. The summed E-state index contributed by atoms with van der Waals surface area (Å²) in [7, 11) is 1.26. The molecule has 1 atom stereocenters. The van der Waals surface area contributed by atoms with Crippen LogP contribution in [0, 0.1) is 6.92 Å². The van der Waals surface area contributed by atoms with Gasteiger partial charge in [0, 0.05) is 5.56 Å². The van der Waals surface area contributed by atoms with E-state index in [1.165, 1.54) is 12.0 Å². The smallest absolute Gasteiger partial charge is 0.350 e. The van der Waals surface area contributed by atoms with E-state index in [0.717, 1.165) is 23.3 Å². The number of hydrogen-bond acceptors (Lipinski definition) is 9. The predicted octanol–water partition coefficient (Wildman–Crippen LogP) is 6.23. The van der Waals surface area contributed by atoms with Crippen molar-refractivity contribution >= 4 is 39.9 Å². The zero-order chi connectivity index (χ0) is 30.5. The van der Waals surface area contributed by atoms with Gasteiger partial charge < -0.3 is 19.3 Å². The molecule has 1 amide bonds. The van der Waals surface area contributed by atoms with Gasteiger partial charge in [-0.2, -0.15) is 0 Å². The van der Waals surface area contributed by atoms with Crippen LogP contribution >= 0.6 is 11.3 Å². The number of ketones is 1. The van der Waals surface area contributed by atoms with Gasteiger partial charge in [-0.15, -0.1) is 0 Å². The number of aromatic nitrogens is 1. The molecule has 220 valence electrons. The number of Topliss-reactive ketones (excluding diaryl/α,β-unsaturated/α-hetero) is 1. The molecule has 1 aromatic heterocycles. The second-order valence-corrected chi connectivity index (χ2v) is 10.8. The Hall–Kier alpha value is -4.96. The average Bonchev–Trinajstić information content (AvgIpc) is 3.55. The molecule has 1 aliphatic heterocycles. The minimum atomic E-state index is -1.03. The van der Waals surface area contributed by atoms with Crippen LogP contribution in [0.1, 0.15) is 51.4 Å². The van der Waals surface area contributed by atoms with Crippen molar-refractivity contribution in [3.8, 4) is 11.5 Å². The molecule has 10 heteroatoms. The van der Waals surface area contributed by atoms with Gasteiger partial charge in [0.05, 0.1) is 31.0 Å². The maximum absolute atomic E-state index is 13.6. The van der Waals surface area contributed by atoms with E-state index in [0.29, 0.717) is 41.5 Å². The van der Waals surface area contributed by atoms with Crippen LogP contribution in [0.5, 0.6) is 11.5 Å². The van der Waals surface area contributed by atoms with E-state index in [9.17, 15) is 19.5 Å². The van der Waals surface area contributed by atoms with Crippen molar-refractivity contribution in [2.75, 3.05) is 18.6 Å². The normalized spacial score (nSPS) is 15.9. The molecule has 0 bridgehead atoms. The van der Waals surface area contributed by atoms with Crippen LogP contribution in [0.3, 0.4) is 0 Å². The number of ether oxygens (including phenoxy) is 3. The number of hydrogen-bond donors (Lipinski definition) is 1. The number of methoxy groups -OCH3 is 1. The highest BCUT2D eigenvalue weighted by Crippen LogP contribution is 2.44. The summed E-state index contributed by atoms with van der Waals surface area (Å²) >= 11 is 0.942. The van der Waals surface area contributed by atoms with E-state index in [1.807, 2.05) is 37.3 Å². The Kier molecular flexibility index (Phi) is 8.87. The molecule has 9 nitrogen and oxygen atoms in total. The fraction of sp³-hybridized carbons (Fsp3) is 0.212. The summed E-state index contributed by atoms with van der Waals surface area (Å²) in [6.07, 6.45) is 0.799. The van der Waals surface area contributed by atoms with E-state index in [-0.39, 0.29) is 21.3 Å². The monoisotopic (exact) mass is 598 g/mol. The molecule has 2 heterocycles. The van der Waals surface area contributed by atoms with Gasteiger partial charge in [0.15, 0.2) is 5.13 Å². The number of esters is 1. The molecule has 1 aliphatic rings. The van der Waals surface area contributed by atoms with Gasteiger partial charge in [-0.3, -0.25) is 14.5 Å². The molecule has 1 unspecified atom stereocenters. The largest absolute Gasteiger partial charge is 0.507 e. The number of aliphatic hydroxyl groups excluding tert-OH is 1. The zero-order valence-electron chi connectivity index (χ0n) is 23.9. The van der Waals surface area contributed by atoms with Gasteiger partial charge in [0.25, 0.3) is 5.78 Å². The minimum absolute atomic E-state index is 0.108. The lowest BCUT2D eigenvalue weighted by Crippen LogP contribution is -2.29. The van der Waals surface area contributed by atoms with Crippen molar-refractivity contribution in [3.63, 3.8) is 0 Å². The average molecular weight is 599 g/mol. The summed E-state index contributed by atoms with van der Waals surface area (Å²) in [5, 5.41) is 11.6. The van der Waals surface area contributed by atoms with Crippen molar-refractivity contribution in [1.82, 2.24) is 4.98 Å². The van der Waals surface area contributed by atoms with Gasteiger partial charge in [-0.1, -0.05) is 72.9 Å². The number of nitrogens with zero attached hydrogens (tertiary/aromatic N) is 2. The molecule has 43 heavy (non-hydrogen) atoms. The Balaban J connectivity index is 1.57. The standard InChI is InChI=1S/C33H30N2O7S/c1-4-17-41-25-12-8-11-23(18-25)28(36)26-27(22-13-15-24(16-14-22)42-19-21-9-6-5-7-10-21)35(31(38)29(26)37)33-34-20(2)30(43-33)32(39)40-3/h5-16,18,27,36H,4,17,19H2,1-3H3/b28-26+. The van der Waals surface area contributed by atoms with Gasteiger partial charge in [-0.05, 0) is 48.7 Å². The number of benzene rings is 3. The lowest BCUT2D eigenvalue weighted by Gasteiger charge is -2.23. The number of anilines is 1. The number of carbonyl (C=O) groups is 3. The zero-order valence-corrected chi connectivity index (χ0v) is 24.7. The first kappa shape index (κ1) is 29.5. The first-order valence-corrected chi connectivity index (χ1v) is 14.5. The van der Waals surface area contributed by atoms with Gasteiger partial charge in [-0.25, -0.2) is 9.78 Å². The lowest BCUT2D eigenvalue weighted by atomic mass is 9.95. The molecule has 5 rings (SSSR count). The van der Waals surface area contributed by atoms with E-state index < -0.39 is 23.7 Å². The number of aryl methyl sites for hydroxylation is 1. The predicted molar refractivity (Wildman–Crippen MR) is 162 cm³/mol. The fourth-order valence-corrected chi connectivity index (χ4v) is 5.72. The summed E-state index contributed by atoms with van der Waals surface area (Å²) in [4.78, 5) is 45.3. The third-order valence-corrected chi connectivity index (χ3v) is 7.97. The van der Waals surface area contributed by atoms with E-state index in [2.05, 4.69) is 4.98 Å². The molecule has 0 aliphatic carbocycles. The maximum atomic E-state index is 13.6. The quantitative estimate of drug-likeness (QED) is 0.0989. The van der Waals surface area contributed by atoms with Gasteiger partial charge in [0.1, 0.15) is 28.7 Å². The molecule has 3 aromatic carbocycles.